The minimum Gasteiger partial charge on any atom is -0.463 e. The Morgan fingerprint density at radius 3 is 2.83 bits per heavy atom. The maximum absolute atomic E-state index is 11.5. The number of carbonyl (C=O) groups excluding carboxylic acids is 1. The van der Waals surface area contributed by atoms with Crippen LogP contribution < -0.4 is 10.0 Å². The minimum absolute atomic E-state index is 0.337. The maximum Gasteiger partial charge on any atom is 0.330 e. The SMILES string of the molecule is CCOC(=O)/C=C/c1cccc(NSc2ccc(C)s2)c1NC. The zero-order chi connectivity index (χ0) is 16.7. The average molecular weight is 348 g/mol. The third-order valence-corrected chi connectivity index (χ3v) is 4.96. The van der Waals surface area contributed by atoms with Crippen molar-refractivity contribution >= 4 is 46.7 Å². The Kier molecular flexibility index (Phi) is 6.55. The molecule has 0 unspecified atom stereocenters. The van der Waals surface area contributed by atoms with Gasteiger partial charge in [0.2, 0.25) is 0 Å². The van der Waals surface area contributed by atoms with Gasteiger partial charge in [-0.15, -0.1) is 11.3 Å². The average Bonchev–Trinajstić information content (AvgIpc) is 2.96. The molecule has 0 fully saturated rings. The van der Waals surface area contributed by atoms with Gasteiger partial charge in [-0.1, -0.05) is 12.1 Å². The zero-order valence-electron chi connectivity index (χ0n) is 13.4. The summed E-state index contributed by atoms with van der Waals surface area (Å²) in [6.45, 7) is 4.26. The summed E-state index contributed by atoms with van der Waals surface area (Å²) in [7, 11) is 1.86. The molecule has 1 aromatic heterocycles. The van der Waals surface area contributed by atoms with Crippen molar-refractivity contribution in [1.29, 1.82) is 0 Å². The summed E-state index contributed by atoms with van der Waals surface area (Å²) in [6.07, 6.45) is 3.20. The highest BCUT2D eigenvalue weighted by atomic mass is 32.2. The van der Waals surface area contributed by atoms with Crippen LogP contribution in [0.1, 0.15) is 17.4 Å². The van der Waals surface area contributed by atoms with E-state index in [-0.39, 0.29) is 5.97 Å². The molecule has 2 rings (SSSR count). The van der Waals surface area contributed by atoms with Gasteiger partial charge in [-0.25, -0.2) is 4.79 Å². The molecule has 1 heterocycles. The van der Waals surface area contributed by atoms with Gasteiger partial charge in [0.15, 0.2) is 0 Å². The third kappa shape index (κ3) is 5.04. The molecule has 0 bridgehead atoms. The van der Waals surface area contributed by atoms with E-state index in [4.69, 9.17) is 4.74 Å². The van der Waals surface area contributed by atoms with Crippen molar-refractivity contribution < 1.29 is 9.53 Å². The lowest BCUT2D eigenvalue weighted by molar-refractivity contribution is -0.137. The normalized spacial score (nSPS) is 10.7. The molecule has 2 aromatic rings. The van der Waals surface area contributed by atoms with Gasteiger partial charge in [0.25, 0.3) is 0 Å². The number of nitrogens with one attached hydrogen (secondary N) is 2. The van der Waals surface area contributed by atoms with E-state index in [9.17, 15) is 4.79 Å². The number of hydrogen-bond acceptors (Lipinski definition) is 6. The van der Waals surface area contributed by atoms with Gasteiger partial charge in [-0.2, -0.15) is 0 Å². The van der Waals surface area contributed by atoms with Crippen LogP contribution in [0.25, 0.3) is 6.08 Å². The van der Waals surface area contributed by atoms with E-state index in [2.05, 4.69) is 29.1 Å². The fraction of sp³-hybridized carbons (Fsp3) is 0.235. The lowest BCUT2D eigenvalue weighted by Crippen LogP contribution is -2.00. The van der Waals surface area contributed by atoms with Crippen LogP contribution in [-0.4, -0.2) is 19.6 Å². The van der Waals surface area contributed by atoms with Gasteiger partial charge in [0.05, 0.1) is 22.2 Å². The predicted octanol–water partition coefficient (Wildman–Crippen LogP) is 4.79. The first-order chi connectivity index (χ1) is 11.1. The number of thiophene rings is 1. The van der Waals surface area contributed by atoms with E-state index in [1.165, 1.54) is 15.2 Å². The molecule has 0 aliphatic rings. The van der Waals surface area contributed by atoms with Gasteiger partial charge < -0.3 is 14.8 Å². The molecule has 0 spiro atoms. The smallest absolute Gasteiger partial charge is 0.330 e. The molecular formula is C17H20N2O2S2. The molecule has 0 amide bonds. The van der Waals surface area contributed by atoms with E-state index in [0.717, 1.165) is 16.9 Å². The Balaban J connectivity index is 2.13. The van der Waals surface area contributed by atoms with E-state index in [1.807, 2.05) is 25.2 Å². The van der Waals surface area contributed by atoms with Crippen molar-refractivity contribution in [3.05, 3.63) is 46.8 Å². The number of hydrogen-bond donors (Lipinski definition) is 2. The van der Waals surface area contributed by atoms with E-state index >= 15 is 0 Å². The van der Waals surface area contributed by atoms with Crippen molar-refractivity contribution in [3.8, 4) is 0 Å². The molecule has 0 aliphatic carbocycles. The van der Waals surface area contributed by atoms with Crippen molar-refractivity contribution in [3.63, 3.8) is 0 Å². The van der Waals surface area contributed by atoms with Gasteiger partial charge in [-0.3, -0.25) is 0 Å². The summed E-state index contributed by atoms with van der Waals surface area (Å²) in [6, 6.07) is 10.1. The first-order valence-corrected chi connectivity index (χ1v) is 8.92. The second kappa shape index (κ2) is 8.64. The number of rotatable bonds is 7. The maximum atomic E-state index is 11.5. The monoisotopic (exact) mass is 348 g/mol. The second-order valence-corrected chi connectivity index (χ2v) is 7.07. The van der Waals surface area contributed by atoms with Crippen molar-refractivity contribution in [2.75, 3.05) is 23.7 Å². The number of anilines is 2. The first kappa shape index (κ1) is 17.4. The van der Waals surface area contributed by atoms with Crippen LogP contribution in [-0.2, 0) is 9.53 Å². The Hall–Kier alpha value is -1.92. The van der Waals surface area contributed by atoms with Gasteiger partial charge in [0, 0.05) is 18.0 Å². The van der Waals surface area contributed by atoms with E-state index in [0.29, 0.717) is 6.61 Å². The molecule has 0 atom stereocenters. The number of carbonyl (C=O) groups is 1. The minimum atomic E-state index is -0.337. The third-order valence-electron chi connectivity index (χ3n) is 3.01. The van der Waals surface area contributed by atoms with Crippen LogP contribution in [0.4, 0.5) is 11.4 Å². The molecule has 0 saturated heterocycles. The first-order valence-electron chi connectivity index (χ1n) is 7.29. The summed E-state index contributed by atoms with van der Waals surface area (Å²) in [4.78, 5) is 12.8. The summed E-state index contributed by atoms with van der Waals surface area (Å²) < 4.78 is 9.48. The standard InChI is InChI=1S/C17H20N2O2S2/c1-4-21-15(20)10-9-13-6-5-7-14(17(13)18-3)19-23-16-11-8-12(2)22-16/h5-11,18-19H,4H2,1-3H3/b10-9+. The van der Waals surface area contributed by atoms with Crippen LogP contribution in [0, 0.1) is 6.92 Å². The predicted molar refractivity (Wildman–Crippen MR) is 100 cm³/mol. The van der Waals surface area contributed by atoms with E-state index in [1.54, 1.807) is 36.3 Å². The second-order valence-electron chi connectivity index (χ2n) is 4.67. The topological polar surface area (TPSA) is 50.4 Å². The Labute approximate surface area is 145 Å². The molecule has 1 aromatic carbocycles. The van der Waals surface area contributed by atoms with E-state index < -0.39 is 0 Å². The summed E-state index contributed by atoms with van der Waals surface area (Å²) in [5, 5.41) is 3.19. The molecule has 4 nitrogen and oxygen atoms in total. The molecular weight excluding hydrogens is 328 g/mol. The fourth-order valence-corrected chi connectivity index (χ4v) is 3.79. The quantitative estimate of drug-likeness (QED) is 0.428. The zero-order valence-corrected chi connectivity index (χ0v) is 15.0. The molecule has 122 valence electrons. The van der Waals surface area contributed by atoms with Gasteiger partial charge in [-0.05, 0) is 55.6 Å². The number of benzene rings is 1. The lowest BCUT2D eigenvalue weighted by Gasteiger charge is -2.13. The molecule has 0 saturated carbocycles. The Bertz CT molecular complexity index is 696. The van der Waals surface area contributed by atoms with Crippen molar-refractivity contribution in [2.24, 2.45) is 0 Å². The Morgan fingerprint density at radius 1 is 1.35 bits per heavy atom. The van der Waals surface area contributed by atoms with Crippen molar-refractivity contribution in [1.82, 2.24) is 0 Å². The van der Waals surface area contributed by atoms with Crippen LogP contribution >= 0.6 is 23.3 Å². The van der Waals surface area contributed by atoms with Crippen LogP contribution in [0.2, 0.25) is 0 Å². The Morgan fingerprint density at radius 2 is 2.17 bits per heavy atom. The lowest BCUT2D eigenvalue weighted by atomic mass is 10.1. The number of ether oxygens (including phenoxy) is 1. The molecule has 6 heteroatoms. The molecule has 0 aliphatic heterocycles. The fourth-order valence-electron chi connectivity index (χ4n) is 1.99. The van der Waals surface area contributed by atoms with Crippen LogP contribution in [0.5, 0.6) is 0 Å². The summed E-state index contributed by atoms with van der Waals surface area (Å²) >= 11 is 3.33. The van der Waals surface area contributed by atoms with Crippen molar-refractivity contribution in [2.45, 2.75) is 18.1 Å². The van der Waals surface area contributed by atoms with Crippen LogP contribution in [0.15, 0.2) is 40.6 Å². The molecule has 2 N–H and O–H groups in total. The van der Waals surface area contributed by atoms with Gasteiger partial charge in [0.1, 0.15) is 0 Å². The highest BCUT2D eigenvalue weighted by Crippen LogP contribution is 2.33. The molecule has 23 heavy (non-hydrogen) atoms. The van der Waals surface area contributed by atoms with Crippen LogP contribution in [0.3, 0.4) is 0 Å². The number of aryl methyl sites for hydroxylation is 1. The summed E-state index contributed by atoms with van der Waals surface area (Å²) in [5.41, 5.74) is 2.83. The largest absolute Gasteiger partial charge is 0.463 e. The molecule has 0 radical (unpaired) electrons. The summed E-state index contributed by atoms with van der Waals surface area (Å²) in [5.74, 6) is -0.337. The number of esters is 1. The highest BCUT2D eigenvalue weighted by Gasteiger charge is 2.07. The highest BCUT2D eigenvalue weighted by molar-refractivity contribution is 8.02. The number of para-hydroxylation sites is 1. The van der Waals surface area contributed by atoms with Gasteiger partial charge >= 0.3 is 5.97 Å².